The molecule has 6 rings (SSSR count). The Kier molecular flexibility index (Phi) is 7.94. The Hall–Kier alpha value is -2.55. The molecule has 2 heteroatoms. The minimum absolute atomic E-state index is 0.139. The predicted molar refractivity (Wildman–Crippen MR) is 220 cm³/mol. The molecule has 0 heterocycles. The van der Waals surface area contributed by atoms with Gasteiger partial charge in [0.05, 0.1) is 0 Å². The molecule has 2 aliphatic carbocycles. The molecule has 0 aliphatic heterocycles. The molecule has 0 saturated heterocycles. The molecule has 0 radical (unpaired) electrons. The van der Waals surface area contributed by atoms with Crippen LogP contribution in [-0.4, -0.2) is 6.94 Å². The molecule has 258 valence electrons. The van der Waals surface area contributed by atoms with Crippen LogP contribution in [0.15, 0.2) is 84.9 Å². The van der Waals surface area contributed by atoms with Gasteiger partial charge in [0.2, 0.25) is 0 Å². The van der Waals surface area contributed by atoms with Crippen LogP contribution >= 0.6 is 0 Å². The maximum absolute atomic E-state index is 4.98. The van der Waals surface area contributed by atoms with Gasteiger partial charge in [0.1, 0.15) is 0 Å². The number of aryl methyl sites for hydroxylation is 2. The van der Waals surface area contributed by atoms with Gasteiger partial charge in [-0.2, -0.15) is 0 Å². The second kappa shape index (κ2) is 10.7. The van der Waals surface area contributed by atoms with Crippen LogP contribution < -0.4 is 0 Å². The van der Waals surface area contributed by atoms with Crippen LogP contribution in [0.25, 0.3) is 34.4 Å². The van der Waals surface area contributed by atoms with Crippen molar-refractivity contribution in [2.45, 2.75) is 112 Å². The van der Waals surface area contributed by atoms with E-state index in [9.17, 15) is 0 Å². The average Bonchev–Trinajstić information content (AvgIpc) is 3.66. The molecule has 0 amide bonds. The fourth-order valence-electron chi connectivity index (χ4n) is 10.1. The molecular formula is C47H62HfSi. The number of hydrogen-bond donors (Lipinski definition) is 0. The second-order valence-electron chi connectivity index (χ2n) is 21.5. The van der Waals surface area contributed by atoms with Crippen LogP contribution in [0.4, 0.5) is 0 Å². The zero-order valence-electron chi connectivity index (χ0n) is 32.7. The summed E-state index contributed by atoms with van der Waals surface area (Å²) >= 11 is -4.98. The SMILES string of the molecule is CCC[CH2][Hf]([CH3])([CH3])([CH3])(=[SiH2])([CH]1C=Cc2c(-c3ccc(C(C)(C)C)cc3C)cccc21)[CH]1C=Cc2c(-c3ccc(C(C)(C)C)cc3C)cccc21. The zero-order valence-corrected chi connectivity index (χ0v) is 37.7. The molecule has 0 saturated carbocycles. The second-order valence-corrected chi connectivity index (χ2v) is 103. The van der Waals surface area contributed by atoms with Crippen molar-refractivity contribution in [3.05, 3.63) is 129 Å². The molecule has 0 fully saturated rings. The molecule has 0 bridgehead atoms. The van der Waals surface area contributed by atoms with E-state index in [4.69, 9.17) is 0 Å². The topological polar surface area (TPSA) is 0 Å². The van der Waals surface area contributed by atoms with Crippen molar-refractivity contribution < 1.29 is 14.2 Å². The molecule has 4 aromatic rings. The Morgan fingerprint density at radius 1 is 0.592 bits per heavy atom. The van der Waals surface area contributed by atoms with E-state index in [-0.39, 0.29) is 10.8 Å². The summed E-state index contributed by atoms with van der Waals surface area (Å²) in [5.41, 5.74) is 17.3. The van der Waals surface area contributed by atoms with Crippen LogP contribution in [0, 0.1) is 13.8 Å². The standard InChI is InChI=1S/2C20H21.C4H9.3CH3.Hf.H2Si/c2*1-14-13-16(20(2,3)4)11-12-17(14)19-10-6-8-15-7-5-9-18(15)19;1-3-4-2;;;;;/h2*5-13H,1-4H3;1,3-4H2,2H3;3*1H3;;1H2. The summed E-state index contributed by atoms with van der Waals surface area (Å²) in [6, 6.07) is 28.6. The summed E-state index contributed by atoms with van der Waals surface area (Å²) in [5, 5.41) is 0. The Morgan fingerprint density at radius 2 is 1.00 bits per heavy atom. The molecule has 49 heavy (non-hydrogen) atoms. The molecule has 0 nitrogen and oxygen atoms in total. The predicted octanol–water partition coefficient (Wildman–Crippen LogP) is 13.7. The summed E-state index contributed by atoms with van der Waals surface area (Å²) < 4.78 is 10.7. The Labute approximate surface area is 294 Å². The van der Waals surface area contributed by atoms with E-state index in [1.165, 1.54) is 72.7 Å². The van der Waals surface area contributed by atoms with Crippen LogP contribution in [-0.2, 0) is 25.0 Å². The van der Waals surface area contributed by atoms with Crippen molar-refractivity contribution in [2.75, 3.05) is 0 Å². The van der Waals surface area contributed by atoms with Crippen LogP contribution in [0.2, 0.25) is 18.2 Å². The van der Waals surface area contributed by atoms with Crippen molar-refractivity contribution in [1.29, 1.82) is 0 Å². The maximum atomic E-state index is 2.85. The molecule has 0 N–H and O–H groups in total. The first-order valence-electron chi connectivity index (χ1n) is 18.9. The molecule has 2 unspecified atom stereocenters. The number of fused-ring (bicyclic) bond motifs is 2. The average molecular weight is 834 g/mol. The monoisotopic (exact) mass is 834 g/mol. The van der Waals surface area contributed by atoms with Gasteiger partial charge in [-0.25, -0.2) is 0 Å². The first kappa shape index (κ1) is 36.2. The molecule has 2 atom stereocenters. The number of unbranched alkanes of at least 4 members (excludes halogenated alkanes) is 1. The third kappa shape index (κ3) is 5.82. The summed E-state index contributed by atoms with van der Waals surface area (Å²) in [5.74, 6) is 0. The van der Waals surface area contributed by atoms with E-state index in [1.54, 1.807) is 11.1 Å². The summed E-state index contributed by atoms with van der Waals surface area (Å²) in [6.45, 7) is 23.3. The third-order valence-electron chi connectivity index (χ3n) is 13.5. The van der Waals surface area contributed by atoms with E-state index in [0.29, 0.717) is 7.35 Å². The Bertz CT molecular complexity index is 2040. The molecule has 2 aliphatic rings. The van der Waals surface area contributed by atoms with Gasteiger partial charge >= 0.3 is 297 Å². The number of hydrogen-bond acceptors (Lipinski definition) is 0. The first-order valence-corrected chi connectivity index (χ1v) is 44.7. The van der Waals surface area contributed by atoms with E-state index in [2.05, 4.69) is 180 Å². The Balaban J connectivity index is 1.52. The van der Waals surface area contributed by atoms with Gasteiger partial charge in [-0.05, 0) is 0 Å². The fraction of sp³-hybridized carbons (Fsp3) is 0.404. The van der Waals surface area contributed by atoms with Gasteiger partial charge in [0, 0.05) is 0 Å². The molecule has 4 aromatic carbocycles. The van der Waals surface area contributed by atoms with E-state index >= 15 is 0 Å². The van der Waals surface area contributed by atoms with Crippen molar-refractivity contribution in [3.8, 4) is 22.3 Å². The van der Waals surface area contributed by atoms with Gasteiger partial charge in [0.25, 0.3) is 0 Å². The zero-order chi connectivity index (χ0) is 35.9. The molecule has 0 spiro atoms. The van der Waals surface area contributed by atoms with E-state index < -0.39 is 14.2 Å². The van der Waals surface area contributed by atoms with Crippen molar-refractivity contribution in [2.24, 2.45) is 0 Å². The minimum atomic E-state index is -4.98. The van der Waals surface area contributed by atoms with Crippen molar-refractivity contribution in [3.63, 3.8) is 0 Å². The third-order valence-corrected chi connectivity index (χ3v) is 59.5. The molecule has 0 aromatic heterocycles. The normalized spacial score (nSPS) is 19.6. The van der Waals surface area contributed by atoms with Crippen LogP contribution in [0.5, 0.6) is 0 Å². The number of benzene rings is 4. The van der Waals surface area contributed by atoms with Gasteiger partial charge in [-0.3, -0.25) is 0 Å². The van der Waals surface area contributed by atoms with Gasteiger partial charge in [0.15, 0.2) is 0 Å². The summed E-state index contributed by atoms with van der Waals surface area (Å²) in [6.07, 6.45) is 12.8. The van der Waals surface area contributed by atoms with Gasteiger partial charge in [-0.15, -0.1) is 0 Å². The van der Waals surface area contributed by atoms with Crippen molar-refractivity contribution >= 4 is 19.1 Å². The van der Waals surface area contributed by atoms with Crippen LogP contribution in [0.3, 0.4) is 0 Å². The number of allylic oxidation sites excluding steroid dienone is 2. The summed E-state index contributed by atoms with van der Waals surface area (Å²) in [7, 11) is 0. The van der Waals surface area contributed by atoms with Crippen LogP contribution in [0.1, 0.15) is 113 Å². The van der Waals surface area contributed by atoms with Crippen molar-refractivity contribution in [1.82, 2.24) is 0 Å². The van der Waals surface area contributed by atoms with Gasteiger partial charge < -0.3 is 0 Å². The van der Waals surface area contributed by atoms with E-state index in [0.717, 1.165) is 0 Å². The first-order chi connectivity index (χ1) is 22.5. The fourth-order valence-corrected chi connectivity index (χ4v) is 49.6. The quantitative estimate of drug-likeness (QED) is 0.163. The van der Waals surface area contributed by atoms with E-state index in [1.807, 2.05) is 0 Å². The molecular weight excluding hydrogens is 771 g/mol. The summed E-state index contributed by atoms with van der Waals surface area (Å²) in [4.78, 5) is 0. The number of rotatable bonds is 7. The Morgan fingerprint density at radius 3 is 1.35 bits per heavy atom. The van der Waals surface area contributed by atoms with Gasteiger partial charge in [-0.1, -0.05) is 0 Å².